The minimum absolute atomic E-state index is 0.213. The molecule has 1 aliphatic carbocycles. The van der Waals surface area contributed by atoms with Gasteiger partial charge in [0.2, 0.25) is 5.91 Å². The van der Waals surface area contributed by atoms with Gasteiger partial charge in [0, 0.05) is 6.04 Å². The van der Waals surface area contributed by atoms with Crippen LogP contribution in [0.25, 0.3) is 0 Å². The summed E-state index contributed by atoms with van der Waals surface area (Å²) < 4.78 is 0. The summed E-state index contributed by atoms with van der Waals surface area (Å²) in [7, 11) is 0. The molecular formula is C14H28N2O. The Morgan fingerprint density at radius 3 is 2.24 bits per heavy atom. The second kappa shape index (κ2) is 6.39. The second-order valence-corrected chi connectivity index (χ2v) is 6.13. The molecule has 0 bridgehead atoms. The Hall–Kier alpha value is -0.570. The second-order valence-electron chi connectivity index (χ2n) is 6.13. The Balaban J connectivity index is 2.61. The van der Waals surface area contributed by atoms with Crippen LogP contribution in [0.5, 0.6) is 0 Å². The van der Waals surface area contributed by atoms with Gasteiger partial charge in [-0.1, -0.05) is 39.5 Å². The normalized spacial score (nSPS) is 22.1. The minimum atomic E-state index is -0.539. The zero-order valence-electron chi connectivity index (χ0n) is 11.6. The van der Waals surface area contributed by atoms with E-state index in [-0.39, 0.29) is 5.91 Å². The average molecular weight is 240 g/mol. The minimum Gasteiger partial charge on any atom is -0.368 e. The molecule has 1 unspecified atom stereocenters. The molecule has 1 aliphatic rings. The van der Waals surface area contributed by atoms with Crippen molar-refractivity contribution in [2.75, 3.05) is 0 Å². The van der Waals surface area contributed by atoms with Crippen LogP contribution in [0.2, 0.25) is 0 Å². The van der Waals surface area contributed by atoms with Crippen molar-refractivity contribution in [3.05, 3.63) is 0 Å². The van der Waals surface area contributed by atoms with Gasteiger partial charge in [-0.3, -0.25) is 4.79 Å². The van der Waals surface area contributed by atoms with E-state index in [4.69, 9.17) is 5.73 Å². The van der Waals surface area contributed by atoms with Crippen LogP contribution >= 0.6 is 0 Å². The van der Waals surface area contributed by atoms with Crippen LogP contribution in [0.1, 0.15) is 65.7 Å². The maximum absolute atomic E-state index is 11.7. The zero-order valence-corrected chi connectivity index (χ0v) is 11.6. The van der Waals surface area contributed by atoms with Crippen LogP contribution in [-0.4, -0.2) is 17.5 Å². The van der Waals surface area contributed by atoms with Crippen molar-refractivity contribution in [3.63, 3.8) is 0 Å². The molecule has 17 heavy (non-hydrogen) atoms. The predicted octanol–water partition coefficient (Wildman–Crippen LogP) is 2.59. The van der Waals surface area contributed by atoms with Gasteiger partial charge in [-0.05, 0) is 32.1 Å². The number of hydrogen-bond donors (Lipinski definition) is 2. The van der Waals surface area contributed by atoms with Gasteiger partial charge in [-0.15, -0.1) is 0 Å². The predicted molar refractivity (Wildman–Crippen MR) is 71.7 cm³/mol. The molecular weight excluding hydrogens is 212 g/mol. The van der Waals surface area contributed by atoms with E-state index in [1.165, 1.54) is 38.5 Å². The smallest absolute Gasteiger partial charge is 0.237 e. The summed E-state index contributed by atoms with van der Waals surface area (Å²) in [5, 5.41) is 3.53. The first kappa shape index (κ1) is 14.5. The highest BCUT2D eigenvalue weighted by molar-refractivity contribution is 5.84. The quantitative estimate of drug-likeness (QED) is 0.726. The molecule has 3 heteroatoms. The summed E-state index contributed by atoms with van der Waals surface area (Å²) in [6.07, 6.45) is 8.38. The molecule has 1 atom stereocenters. The van der Waals surface area contributed by atoms with Crippen molar-refractivity contribution in [1.82, 2.24) is 5.32 Å². The lowest BCUT2D eigenvalue weighted by Gasteiger charge is -2.33. The Bertz CT molecular complexity index is 245. The number of hydrogen-bond acceptors (Lipinski definition) is 2. The molecule has 0 aromatic carbocycles. The molecule has 0 heterocycles. The monoisotopic (exact) mass is 240 g/mol. The van der Waals surface area contributed by atoms with Crippen LogP contribution < -0.4 is 11.1 Å². The number of nitrogens with one attached hydrogen (secondary N) is 1. The molecule has 0 radical (unpaired) electrons. The summed E-state index contributed by atoms with van der Waals surface area (Å²) in [6, 6.07) is 0.466. The maximum atomic E-state index is 11.7. The van der Waals surface area contributed by atoms with Gasteiger partial charge in [0.1, 0.15) is 0 Å². The average Bonchev–Trinajstić information content (AvgIpc) is 2.44. The van der Waals surface area contributed by atoms with Crippen LogP contribution in [0, 0.1) is 5.92 Å². The van der Waals surface area contributed by atoms with Gasteiger partial charge in [0.15, 0.2) is 0 Å². The first-order valence-corrected chi connectivity index (χ1v) is 7.01. The van der Waals surface area contributed by atoms with E-state index in [9.17, 15) is 4.79 Å². The lowest BCUT2D eigenvalue weighted by Crippen LogP contribution is -2.57. The Morgan fingerprint density at radius 2 is 1.82 bits per heavy atom. The molecule has 0 aromatic rings. The van der Waals surface area contributed by atoms with Gasteiger partial charge < -0.3 is 11.1 Å². The molecule has 0 aliphatic heterocycles. The van der Waals surface area contributed by atoms with Crippen molar-refractivity contribution >= 4 is 5.91 Å². The highest BCUT2D eigenvalue weighted by atomic mass is 16.1. The highest BCUT2D eigenvalue weighted by Gasteiger charge is 2.33. The largest absolute Gasteiger partial charge is 0.368 e. The summed E-state index contributed by atoms with van der Waals surface area (Å²) >= 11 is 0. The number of carbonyl (C=O) groups excluding carboxylic acids is 1. The van der Waals surface area contributed by atoms with Crippen LogP contribution in [0.4, 0.5) is 0 Å². The van der Waals surface area contributed by atoms with Crippen molar-refractivity contribution in [3.8, 4) is 0 Å². The highest BCUT2D eigenvalue weighted by Crippen LogP contribution is 2.23. The summed E-state index contributed by atoms with van der Waals surface area (Å²) in [6.45, 7) is 6.23. The summed E-state index contributed by atoms with van der Waals surface area (Å²) in [4.78, 5) is 11.7. The van der Waals surface area contributed by atoms with E-state index < -0.39 is 5.54 Å². The van der Waals surface area contributed by atoms with Crippen molar-refractivity contribution in [1.29, 1.82) is 0 Å². The molecule has 1 amide bonds. The van der Waals surface area contributed by atoms with Crippen molar-refractivity contribution < 1.29 is 4.79 Å². The zero-order chi connectivity index (χ0) is 12.9. The Kier molecular flexibility index (Phi) is 5.44. The van der Waals surface area contributed by atoms with Crippen molar-refractivity contribution in [2.24, 2.45) is 11.7 Å². The number of rotatable bonds is 5. The Labute approximate surface area is 106 Å². The van der Waals surface area contributed by atoms with E-state index in [1.807, 2.05) is 6.92 Å². The van der Waals surface area contributed by atoms with Crippen LogP contribution in [0.15, 0.2) is 0 Å². The lowest BCUT2D eigenvalue weighted by atomic mass is 9.88. The third-order valence-electron chi connectivity index (χ3n) is 3.74. The topological polar surface area (TPSA) is 55.1 Å². The molecule has 3 nitrogen and oxygen atoms in total. The SMILES string of the molecule is CC(C)CC(C)(NC1CCCCCC1)C(N)=O. The molecule has 1 rings (SSSR count). The van der Waals surface area contributed by atoms with E-state index >= 15 is 0 Å². The van der Waals surface area contributed by atoms with Gasteiger partial charge in [0.25, 0.3) is 0 Å². The summed E-state index contributed by atoms with van der Waals surface area (Å²) in [5.74, 6) is 0.265. The van der Waals surface area contributed by atoms with E-state index in [0.717, 1.165) is 6.42 Å². The summed E-state index contributed by atoms with van der Waals surface area (Å²) in [5.41, 5.74) is 5.04. The standard InChI is InChI=1S/C14H28N2O/c1-11(2)10-14(3,13(15)17)16-12-8-6-4-5-7-9-12/h11-12,16H,4-10H2,1-3H3,(H2,15,17). The molecule has 1 saturated carbocycles. The van der Waals surface area contributed by atoms with E-state index in [0.29, 0.717) is 12.0 Å². The molecule has 1 fully saturated rings. The third-order valence-corrected chi connectivity index (χ3v) is 3.74. The van der Waals surface area contributed by atoms with E-state index in [2.05, 4.69) is 19.2 Å². The van der Waals surface area contributed by atoms with Crippen molar-refractivity contribution in [2.45, 2.75) is 77.3 Å². The fourth-order valence-corrected chi connectivity index (χ4v) is 2.92. The maximum Gasteiger partial charge on any atom is 0.237 e. The van der Waals surface area contributed by atoms with E-state index in [1.54, 1.807) is 0 Å². The number of nitrogens with two attached hydrogens (primary N) is 1. The molecule has 0 saturated heterocycles. The fourth-order valence-electron chi connectivity index (χ4n) is 2.92. The molecule has 0 spiro atoms. The number of amides is 1. The molecule has 3 N–H and O–H groups in total. The number of primary amides is 1. The van der Waals surface area contributed by atoms with Gasteiger partial charge >= 0.3 is 0 Å². The first-order chi connectivity index (χ1) is 7.94. The third kappa shape index (κ3) is 4.66. The van der Waals surface area contributed by atoms with Gasteiger partial charge in [0.05, 0.1) is 5.54 Å². The fraction of sp³-hybridized carbons (Fsp3) is 0.929. The molecule has 0 aromatic heterocycles. The van der Waals surface area contributed by atoms with Gasteiger partial charge in [-0.25, -0.2) is 0 Å². The Morgan fingerprint density at radius 1 is 1.29 bits per heavy atom. The first-order valence-electron chi connectivity index (χ1n) is 7.01. The lowest BCUT2D eigenvalue weighted by molar-refractivity contribution is -0.124. The van der Waals surface area contributed by atoms with Crippen LogP contribution in [-0.2, 0) is 4.79 Å². The molecule has 100 valence electrons. The van der Waals surface area contributed by atoms with Gasteiger partial charge in [-0.2, -0.15) is 0 Å². The number of carbonyl (C=O) groups is 1. The van der Waals surface area contributed by atoms with Crippen LogP contribution in [0.3, 0.4) is 0 Å².